The maximum Gasteiger partial charge on any atom is 0.341 e. The van der Waals surface area contributed by atoms with Crippen LogP contribution in [0.5, 0.6) is 5.75 Å². The lowest BCUT2D eigenvalue weighted by Gasteiger charge is -2.07. The molecule has 2 aromatic rings. The van der Waals surface area contributed by atoms with Gasteiger partial charge in [0.25, 0.3) is 11.1 Å². The largest absolute Gasteiger partial charge is 0.507 e. The van der Waals surface area contributed by atoms with E-state index in [1.807, 2.05) is 0 Å². The van der Waals surface area contributed by atoms with Gasteiger partial charge in [0.2, 0.25) is 0 Å². The third-order valence-corrected chi connectivity index (χ3v) is 4.66. The van der Waals surface area contributed by atoms with Crippen LogP contribution in [-0.2, 0) is 14.3 Å². The van der Waals surface area contributed by atoms with Crippen LogP contribution < -0.4 is 0 Å². The summed E-state index contributed by atoms with van der Waals surface area (Å²) in [5, 5.41) is 17.9. The summed E-state index contributed by atoms with van der Waals surface area (Å²) in [6.07, 6.45) is 1.33. The van der Waals surface area contributed by atoms with Crippen LogP contribution in [0.3, 0.4) is 0 Å². The number of aliphatic carboxylic acids is 1. The Morgan fingerprint density at radius 1 is 1.25 bits per heavy atom. The number of benzene rings is 1. The number of carboxylic acids is 1. The SMILES string of the molecule is COC(=O)c1cc(-c2ccc(/C=C3\SC(=O)N(CC(=O)O)C3=O)o2)ccc1O. The van der Waals surface area contributed by atoms with Crippen molar-refractivity contribution < 1.29 is 38.5 Å². The summed E-state index contributed by atoms with van der Waals surface area (Å²) < 4.78 is 10.2. The van der Waals surface area contributed by atoms with Gasteiger partial charge < -0.3 is 19.4 Å². The number of hydrogen-bond donors (Lipinski definition) is 2. The van der Waals surface area contributed by atoms with Crippen molar-refractivity contribution in [2.45, 2.75) is 0 Å². The molecule has 0 radical (unpaired) electrons. The monoisotopic (exact) mass is 403 g/mol. The molecular formula is C18H13NO8S. The molecule has 3 rings (SSSR count). The van der Waals surface area contributed by atoms with Crippen molar-refractivity contribution in [3.8, 4) is 17.1 Å². The lowest BCUT2D eigenvalue weighted by Crippen LogP contribution is -2.33. The number of methoxy groups -OCH3 is 1. The Morgan fingerprint density at radius 3 is 2.68 bits per heavy atom. The summed E-state index contributed by atoms with van der Waals surface area (Å²) in [6, 6.07) is 7.38. The highest BCUT2D eigenvalue weighted by Gasteiger charge is 2.36. The first kappa shape index (κ1) is 19.2. The van der Waals surface area contributed by atoms with Gasteiger partial charge in [-0.05, 0) is 42.1 Å². The minimum absolute atomic E-state index is 0.0345. The molecule has 0 saturated carbocycles. The smallest absolute Gasteiger partial charge is 0.341 e. The van der Waals surface area contributed by atoms with Gasteiger partial charge in [0, 0.05) is 11.6 Å². The number of phenolic OH excluding ortho intramolecular Hbond substituents is 1. The number of hydrogen-bond acceptors (Lipinski definition) is 8. The van der Waals surface area contributed by atoms with Gasteiger partial charge in [0.05, 0.1) is 12.0 Å². The second-order valence-corrected chi connectivity index (χ2v) is 6.58. The van der Waals surface area contributed by atoms with Gasteiger partial charge in [0.15, 0.2) is 0 Å². The van der Waals surface area contributed by atoms with Crippen LogP contribution in [0, 0.1) is 0 Å². The molecule has 1 saturated heterocycles. The number of phenols is 1. The number of esters is 1. The molecule has 0 atom stereocenters. The molecule has 2 N–H and O–H groups in total. The highest BCUT2D eigenvalue weighted by atomic mass is 32.2. The molecule has 28 heavy (non-hydrogen) atoms. The van der Waals surface area contributed by atoms with Gasteiger partial charge in [0.1, 0.15) is 29.4 Å². The van der Waals surface area contributed by atoms with Gasteiger partial charge in [-0.1, -0.05) is 0 Å². The van der Waals surface area contributed by atoms with E-state index in [0.29, 0.717) is 28.0 Å². The summed E-state index contributed by atoms with van der Waals surface area (Å²) in [5.74, 6) is -2.36. The minimum atomic E-state index is -1.29. The summed E-state index contributed by atoms with van der Waals surface area (Å²) in [7, 11) is 1.19. The second-order valence-electron chi connectivity index (χ2n) is 5.59. The summed E-state index contributed by atoms with van der Waals surface area (Å²) in [5.41, 5.74) is 0.449. The Balaban J connectivity index is 1.86. The first-order chi connectivity index (χ1) is 13.3. The number of rotatable bonds is 5. The Morgan fingerprint density at radius 2 is 2.00 bits per heavy atom. The molecule has 1 aliphatic heterocycles. The van der Waals surface area contributed by atoms with Crippen LogP contribution >= 0.6 is 11.8 Å². The Labute approximate surface area is 162 Å². The number of aromatic hydroxyl groups is 1. The Bertz CT molecular complexity index is 1020. The van der Waals surface area contributed by atoms with E-state index in [1.165, 1.54) is 31.4 Å². The van der Waals surface area contributed by atoms with E-state index in [0.717, 1.165) is 0 Å². The summed E-state index contributed by atoms with van der Waals surface area (Å²) in [4.78, 5) is 47.0. The van der Waals surface area contributed by atoms with Crippen molar-refractivity contribution in [3.63, 3.8) is 0 Å². The topological polar surface area (TPSA) is 134 Å². The number of carbonyl (C=O) groups is 4. The number of furan rings is 1. The highest BCUT2D eigenvalue weighted by molar-refractivity contribution is 8.18. The molecule has 2 amide bonds. The van der Waals surface area contributed by atoms with Gasteiger partial charge >= 0.3 is 11.9 Å². The first-order valence-electron chi connectivity index (χ1n) is 7.79. The van der Waals surface area contributed by atoms with Gasteiger partial charge in [-0.15, -0.1) is 0 Å². The standard InChI is InChI=1S/C18H13NO8S/c1-26-17(24)11-6-9(2-4-12(11)20)13-5-3-10(27-13)7-14-16(23)19(8-15(21)22)18(25)28-14/h2-7,20H,8H2,1H3,(H,21,22)/b14-7-. The number of nitrogens with zero attached hydrogens (tertiary/aromatic N) is 1. The number of carbonyl (C=O) groups excluding carboxylic acids is 3. The van der Waals surface area contributed by atoms with Crippen molar-refractivity contribution in [2.24, 2.45) is 0 Å². The summed E-state index contributed by atoms with van der Waals surface area (Å²) in [6.45, 7) is -0.713. The second kappa shape index (κ2) is 7.61. The van der Waals surface area contributed by atoms with Crippen molar-refractivity contribution in [3.05, 3.63) is 46.6 Å². The Hall–Kier alpha value is -3.53. The summed E-state index contributed by atoms with van der Waals surface area (Å²) >= 11 is 0.616. The zero-order chi connectivity index (χ0) is 20.4. The van der Waals surface area contributed by atoms with E-state index in [1.54, 1.807) is 12.1 Å². The fourth-order valence-electron chi connectivity index (χ4n) is 2.45. The normalized spacial score (nSPS) is 15.3. The van der Waals surface area contributed by atoms with Crippen LogP contribution in [-0.4, -0.2) is 51.9 Å². The van der Waals surface area contributed by atoms with Crippen molar-refractivity contribution >= 4 is 40.9 Å². The molecule has 10 heteroatoms. The van der Waals surface area contributed by atoms with Gasteiger partial charge in [-0.2, -0.15) is 0 Å². The van der Waals surface area contributed by atoms with E-state index in [-0.39, 0.29) is 22.0 Å². The molecule has 9 nitrogen and oxygen atoms in total. The lowest BCUT2D eigenvalue weighted by molar-refractivity contribution is -0.140. The number of ether oxygens (including phenoxy) is 1. The van der Waals surface area contributed by atoms with Crippen LogP contribution in [0.2, 0.25) is 0 Å². The predicted octanol–water partition coefficient (Wildman–Crippen LogP) is 2.56. The van der Waals surface area contributed by atoms with Crippen LogP contribution in [0.25, 0.3) is 17.4 Å². The molecule has 1 aromatic carbocycles. The zero-order valence-corrected chi connectivity index (χ0v) is 15.2. The molecular weight excluding hydrogens is 390 g/mol. The zero-order valence-electron chi connectivity index (χ0n) is 14.4. The molecule has 0 aliphatic carbocycles. The quantitative estimate of drug-likeness (QED) is 0.570. The van der Waals surface area contributed by atoms with Crippen molar-refractivity contribution in [1.29, 1.82) is 0 Å². The first-order valence-corrected chi connectivity index (χ1v) is 8.60. The molecule has 1 aromatic heterocycles. The Kier molecular flexibility index (Phi) is 5.23. The van der Waals surface area contributed by atoms with E-state index < -0.39 is 29.6 Å². The fourth-order valence-corrected chi connectivity index (χ4v) is 3.27. The molecule has 0 spiro atoms. The van der Waals surface area contributed by atoms with Gasteiger partial charge in [-0.3, -0.25) is 19.3 Å². The number of amides is 2. The molecule has 0 bridgehead atoms. The average molecular weight is 403 g/mol. The molecule has 1 aliphatic rings. The number of carboxylic acid groups (broad SMARTS) is 1. The van der Waals surface area contributed by atoms with E-state index in [4.69, 9.17) is 9.52 Å². The minimum Gasteiger partial charge on any atom is -0.507 e. The van der Waals surface area contributed by atoms with Gasteiger partial charge in [-0.25, -0.2) is 4.79 Å². The average Bonchev–Trinajstić information content (AvgIpc) is 3.22. The van der Waals surface area contributed by atoms with Crippen LogP contribution in [0.1, 0.15) is 16.1 Å². The third kappa shape index (κ3) is 3.76. The lowest BCUT2D eigenvalue weighted by atomic mass is 10.1. The maximum atomic E-state index is 12.2. The van der Waals surface area contributed by atoms with Crippen LogP contribution in [0.15, 0.2) is 39.7 Å². The maximum absolute atomic E-state index is 12.2. The van der Waals surface area contributed by atoms with Crippen LogP contribution in [0.4, 0.5) is 4.79 Å². The van der Waals surface area contributed by atoms with E-state index in [2.05, 4.69) is 4.74 Å². The number of thioether (sulfide) groups is 1. The van der Waals surface area contributed by atoms with Crippen molar-refractivity contribution in [1.82, 2.24) is 4.90 Å². The molecule has 144 valence electrons. The molecule has 2 heterocycles. The third-order valence-electron chi connectivity index (χ3n) is 3.75. The number of imide groups is 1. The van der Waals surface area contributed by atoms with Crippen molar-refractivity contribution in [2.75, 3.05) is 13.7 Å². The highest BCUT2D eigenvalue weighted by Crippen LogP contribution is 2.33. The predicted molar refractivity (Wildman–Crippen MR) is 97.5 cm³/mol. The molecule has 0 unspecified atom stereocenters. The fraction of sp³-hybridized carbons (Fsp3) is 0.111. The molecule has 1 fully saturated rings. The van der Waals surface area contributed by atoms with E-state index >= 15 is 0 Å². The van der Waals surface area contributed by atoms with E-state index in [9.17, 15) is 24.3 Å².